The van der Waals surface area contributed by atoms with Gasteiger partial charge in [-0.05, 0) is 0 Å². The number of rotatable bonds is 1. The fourth-order valence-corrected chi connectivity index (χ4v) is 0.104. The van der Waals surface area contributed by atoms with Crippen molar-refractivity contribution in [1.82, 2.24) is 0 Å². The quantitative estimate of drug-likeness (QED) is 0.622. The third-order valence-corrected chi connectivity index (χ3v) is 1.32. The third kappa shape index (κ3) is 2.52. The minimum Gasteiger partial charge on any atom is -0.395 e. The molecule has 0 aromatic carbocycles. The van der Waals surface area contributed by atoms with Crippen LogP contribution in [0.2, 0.25) is 0 Å². The van der Waals surface area contributed by atoms with Gasteiger partial charge in [-0.15, -0.1) is 0 Å². The molecule has 0 aromatic rings. The van der Waals surface area contributed by atoms with E-state index >= 15 is 0 Å². The zero-order valence-corrected chi connectivity index (χ0v) is 5.33. The van der Waals surface area contributed by atoms with Gasteiger partial charge >= 0.3 is 6.18 Å². The predicted octanol–water partition coefficient (Wildman–Crippen LogP) is 1.30. The summed E-state index contributed by atoms with van der Waals surface area (Å²) < 4.78 is 33.7. The number of hydrogen-bond donors (Lipinski definition) is 1. The lowest BCUT2D eigenvalue weighted by atomic mass is 10.4. The van der Waals surface area contributed by atoms with Crippen molar-refractivity contribution in [2.45, 2.75) is 11.0 Å². The first-order chi connectivity index (χ1) is 3.48. The molecule has 0 bridgehead atoms. The van der Waals surface area contributed by atoms with E-state index in [1.165, 1.54) is 0 Å². The SMILES string of the molecule is OCC(Br)C(F)(F)F. The monoisotopic (exact) mass is 192 g/mol. The molecule has 1 unspecified atom stereocenters. The van der Waals surface area contributed by atoms with Crippen LogP contribution in [0.4, 0.5) is 13.2 Å². The first-order valence-electron chi connectivity index (χ1n) is 1.80. The molecule has 0 heterocycles. The molecule has 0 radical (unpaired) electrons. The van der Waals surface area contributed by atoms with Crippen LogP contribution in [0.3, 0.4) is 0 Å². The standard InChI is InChI=1S/C3H4BrF3O/c4-2(1-8)3(5,6)7/h2,8H,1H2. The van der Waals surface area contributed by atoms with Crippen LogP contribution in [0, 0.1) is 0 Å². The van der Waals surface area contributed by atoms with Gasteiger partial charge in [0.2, 0.25) is 0 Å². The second kappa shape index (κ2) is 2.68. The number of hydrogen-bond acceptors (Lipinski definition) is 1. The molecule has 50 valence electrons. The van der Waals surface area contributed by atoms with Crippen molar-refractivity contribution in [2.24, 2.45) is 0 Å². The van der Waals surface area contributed by atoms with Gasteiger partial charge in [-0.2, -0.15) is 13.2 Å². The lowest BCUT2D eigenvalue weighted by Crippen LogP contribution is -2.25. The van der Waals surface area contributed by atoms with E-state index in [1.54, 1.807) is 0 Å². The van der Waals surface area contributed by atoms with E-state index in [4.69, 9.17) is 5.11 Å². The van der Waals surface area contributed by atoms with Crippen LogP contribution in [-0.2, 0) is 0 Å². The molecule has 1 N–H and O–H groups in total. The van der Waals surface area contributed by atoms with Crippen molar-refractivity contribution in [3.8, 4) is 0 Å². The molecule has 1 nitrogen and oxygen atoms in total. The summed E-state index contributed by atoms with van der Waals surface area (Å²) in [5.41, 5.74) is 0. The summed E-state index contributed by atoms with van der Waals surface area (Å²) in [6.07, 6.45) is -4.32. The van der Waals surface area contributed by atoms with E-state index < -0.39 is 17.6 Å². The Balaban J connectivity index is 3.62. The van der Waals surface area contributed by atoms with Crippen LogP contribution in [-0.4, -0.2) is 22.7 Å². The maximum atomic E-state index is 11.2. The molecule has 0 amide bonds. The summed E-state index contributed by atoms with van der Waals surface area (Å²) in [4.78, 5) is -1.78. The average Bonchev–Trinajstić information content (AvgIpc) is 1.62. The highest BCUT2D eigenvalue weighted by Gasteiger charge is 2.36. The van der Waals surface area contributed by atoms with Gasteiger partial charge in [-0.3, -0.25) is 0 Å². The second-order valence-corrected chi connectivity index (χ2v) is 2.30. The van der Waals surface area contributed by atoms with Crippen molar-refractivity contribution in [2.75, 3.05) is 6.61 Å². The summed E-state index contributed by atoms with van der Waals surface area (Å²) in [6, 6.07) is 0. The third-order valence-electron chi connectivity index (χ3n) is 0.515. The van der Waals surface area contributed by atoms with Crippen LogP contribution in [0.15, 0.2) is 0 Å². The first kappa shape index (κ1) is 8.23. The molecule has 0 aliphatic rings. The minimum atomic E-state index is -4.32. The highest BCUT2D eigenvalue weighted by molar-refractivity contribution is 9.09. The molecule has 0 rings (SSSR count). The molecular weight excluding hydrogens is 189 g/mol. The first-order valence-corrected chi connectivity index (χ1v) is 2.71. The smallest absolute Gasteiger partial charge is 0.395 e. The number of aliphatic hydroxyl groups is 1. The van der Waals surface area contributed by atoms with E-state index in [2.05, 4.69) is 15.9 Å². The summed E-state index contributed by atoms with van der Waals surface area (Å²) >= 11 is 2.22. The maximum absolute atomic E-state index is 11.2. The number of alkyl halides is 4. The average molecular weight is 193 g/mol. The second-order valence-electron chi connectivity index (χ2n) is 1.19. The Morgan fingerprint density at radius 1 is 1.50 bits per heavy atom. The zero-order chi connectivity index (χ0) is 6.78. The van der Waals surface area contributed by atoms with Crippen LogP contribution < -0.4 is 0 Å². The predicted molar refractivity (Wildman–Crippen MR) is 25.9 cm³/mol. The molecular formula is C3H4BrF3O. The number of halogens is 4. The van der Waals surface area contributed by atoms with Crippen molar-refractivity contribution in [3.63, 3.8) is 0 Å². The van der Waals surface area contributed by atoms with Crippen LogP contribution in [0.5, 0.6) is 0 Å². The molecule has 0 aliphatic heterocycles. The van der Waals surface area contributed by atoms with Gasteiger partial charge < -0.3 is 5.11 Å². The van der Waals surface area contributed by atoms with Gasteiger partial charge in [0.05, 0.1) is 6.61 Å². The van der Waals surface area contributed by atoms with Crippen molar-refractivity contribution in [3.05, 3.63) is 0 Å². The van der Waals surface area contributed by atoms with Crippen LogP contribution in [0.1, 0.15) is 0 Å². The normalized spacial score (nSPS) is 16.1. The fraction of sp³-hybridized carbons (Fsp3) is 1.00. The van der Waals surface area contributed by atoms with Crippen molar-refractivity contribution in [1.29, 1.82) is 0 Å². The van der Waals surface area contributed by atoms with Crippen LogP contribution in [0.25, 0.3) is 0 Å². The Kier molecular flexibility index (Phi) is 2.76. The lowest BCUT2D eigenvalue weighted by Gasteiger charge is -2.09. The van der Waals surface area contributed by atoms with E-state index in [0.717, 1.165) is 0 Å². The fourth-order valence-electron chi connectivity index (χ4n) is 0.104. The van der Waals surface area contributed by atoms with E-state index in [-0.39, 0.29) is 0 Å². The molecule has 0 fully saturated rings. The maximum Gasteiger partial charge on any atom is 0.403 e. The Hall–Kier alpha value is 0.230. The van der Waals surface area contributed by atoms with E-state index in [1.807, 2.05) is 0 Å². The van der Waals surface area contributed by atoms with E-state index in [0.29, 0.717) is 0 Å². The van der Waals surface area contributed by atoms with Gasteiger partial charge in [0.15, 0.2) is 0 Å². The van der Waals surface area contributed by atoms with Gasteiger partial charge in [0.1, 0.15) is 4.83 Å². The molecule has 0 saturated carbocycles. The highest BCUT2D eigenvalue weighted by atomic mass is 79.9. The molecule has 0 saturated heterocycles. The highest BCUT2D eigenvalue weighted by Crippen LogP contribution is 2.25. The molecule has 0 spiro atoms. The zero-order valence-electron chi connectivity index (χ0n) is 3.74. The number of aliphatic hydroxyl groups excluding tert-OH is 1. The Morgan fingerprint density at radius 2 is 1.88 bits per heavy atom. The summed E-state index contributed by atoms with van der Waals surface area (Å²) in [6.45, 7) is -0.913. The van der Waals surface area contributed by atoms with Gasteiger partial charge in [-0.25, -0.2) is 0 Å². The molecule has 1 atom stereocenters. The van der Waals surface area contributed by atoms with E-state index in [9.17, 15) is 13.2 Å². The van der Waals surface area contributed by atoms with Gasteiger partial charge in [0.25, 0.3) is 0 Å². The molecule has 5 heteroatoms. The Labute approximate surface area is 52.6 Å². The van der Waals surface area contributed by atoms with Gasteiger partial charge in [0, 0.05) is 0 Å². The molecule has 0 aromatic heterocycles. The lowest BCUT2D eigenvalue weighted by molar-refractivity contribution is -0.133. The van der Waals surface area contributed by atoms with Gasteiger partial charge in [-0.1, -0.05) is 15.9 Å². The summed E-state index contributed by atoms with van der Waals surface area (Å²) in [5.74, 6) is 0. The summed E-state index contributed by atoms with van der Waals surface area (Å²) in [5, 5.41) is 7.90. The Bertz CT molecular complexity index is 71.4. The largest absolute Gasteiger partial charge is 0.403 e. The molecule has 8 heavy (non-hydrogen) atoms. The van der Waals surface area contributed by atoms with Crippen molar-refractivity contribution >= 4 is 15.9 Å². The Morgan fingerprint density at radius 3 is 1.88 bits per heavy atom. The van der Waals surface area contributed by atoms with Crippen molar-refractivity contribution < 1.29 is 18.3 Å². The van der Waals surface area contributed by atoms with Crippen LogP contribution >= 0.6 is 15.9 Å². The minimum absolute atomic E-state index is 0.913. The molecule has 0 aliphatic carbocycles. The topological polar surface area (TPSA) is 20.2 Å². The summed E-state index contributed by atoms with van der Waals surface area (Å²) in [7, 11) is 0.